The van der Waals surface area contributed by atoms with Gasteiger partial charge >= 0.3 is 0 Å². The highest BCUT2D eigenvalue weighted by Crippen LogP contribution is 1.95. The summed E-state index contributed by atoms with van der Waals surface area (Å²) in [6.45, 7) is 0. The summed E-state index contributed by atoms with van der Waals surface area (Å²) in [6, 6.07) is 1.69. The van der Waals surface area contributed by atoms with E-state index >= 15 is 0 Å². The first-order valence-electron chi connectivity index (χ1n) is 1.93. The maximum absolute atomic E-state index is 9.70. The van der Waals surface area contributed by atoms with Crippen LogP contribution in [0.5, 0.6) is 0 Å². The molecule has 4 nitrogen and oxygen atoms in total. The van der Waals surface area contributed by atoms with Crippen molar-refractivity contribution in [1.29, 1.82) is 5.26 Å². The Balaban J connectivity index is 3.84. The Labute approximate surface area is 66.2 Å². The fourth-order valence-corrected chi connectivity index (χ4v) is 0.457. The second-order valence-electron chi connectivity index (χ2n) is 0.977. The molecule has 9 heavy (non-hydrogen) atoms. The SMILES string of the molecule is N#C/C=C(/NC=O)OI. The van der Waals surface area contributed by atoms with Crippen LogP contribution in [0.1, 0.15) is 0 Å². The first-order valence-corrected chi connectivity index (χ1v) is 2.81. The van der Waals surface area contributed by atoms with E-state index in [4.69, 9.17) is 5.26 Å². The van der Waals surface area contributed by atoms with Gasteiger partial charge in [0.15, 0.2) is 23.0 Å². The number of nitrogens with one attached hydrogen (secondary N) is 1. The van der Waals surface area contributed by atoms with Crippen molar-refractivity contribution in [3.8, 4) is 6.07 Å². The Morgan fingerprint density at radius 1 is 1.89 bits per heavy atom. The lowest BCUT2D eigenvalue weighted by molar-refractivity contribution is -0.109. The molecule has 0 unspecified atom stereocenters. The van der Waals surface area contributed by atoms with Gasteiger partial charge in [-0.3, -0.25) is 10.1 Å². The summed E-state index contributed by atoms with van der Waals surface area (Å²) in [6.07, 6.45) is 1.52. The molecule has 0 aliphatic carbocycles. The summed E-state index contributed by atoms with van der Waals surface area (Å²) >= 11 is 1.56. The molecule has 0 radical (unpaired) electrons. The van der Waals surface area contributed by atoms with Gasteiger partial charge in [-0.1, -0.05) is 0 Å². The van der Waals surface area contributed by atoms with Crippen LogP contribution in [0.2, 0.25) is 0 Å². The first kappa shape index (κ1) is 8.23. The van der Waals surface area contributed by atoms with Crippen molar-refractivity contribution in [3.05, 3.63) is 12.0 Å². The highest BCUT2D eigenvalue weighted by Gasteiger charge is 1.89. The van der Waals surface area contributed by atoms with E-state index in [-0.39, 0.29) is 5.88 Å². The molecule has 1 amide bonds. The van der Waals surface area contributed by atoms with E-state index in [1.54, 1.807) is 29.1 Å². The van der Waals surface area contributed by atoms with Gasteiger partial charge in [0.05, 0.1) is 12.1 Å². The topological polar surface area (TPSA) is 62.1 Å². The number of allylic oxidation sites excluding steroid dienone is 1. The molecule has 0 aromatic heterocycles. The van der Waals surface area contributed by atoms with Crippen LogP contribution in [-0.2, 0) is 7.86 Å². The number of nitrogens with zero attached hydrogens (tertiary/aromatic N) is 1. The van der Waals surface area contributed by atoms with Crippen LogP contribution in [0, 0.1) is 11.3 Å². The van der Waals surface area contributed by atoms with E-state index in [1.807, 2.05) is 0 Å². The molecule has 0 atom stereocenters. The Hall–Kier alpha value is -0.770. The Kier molecular flexibility index (Phi) is 4.91. The second kappa shape index (κ2) is 5.37. The molecule has 5 heteroatoms. The largest absolute Gasteiger partial charge is 0.409 e. The van der Waals surface area contributed by atoms with Crippen molar-refractivity contribution < 1.29 is 7.86 Å². The lowest BCUT2D eigenvalue weighted by Gasteiger charge is -1.95. The molecule has 0 aromatic rings. The van der Waals surface area contributed by atoms with Crippen molar-refractivity contribution in [2.75, 3.05) is 0 Å². The smallest absolute Gasteiger partial charge is 0.215 e. The highest BCUT2D eigenvalue weighted by atomic mass is 127. The normalized spacial score (nSPS) is 9.56. The van der Waals surface area contributed by atoms with E-state index in [0.717, 1.165) is 6.08 Å². The van der Waals surface area contributed by atoms with Crippen LogP contribution in [0.15, 0.2) is 12.0 Å². The van der Waals surface area contributed by atoms with Crippen LogP contribution in [0.25, 0.3) is 0 Å². The molecule has 1 N–H and O–H groups in total. The maximum atomic E-state index is 9.70. The Morgan fingerprint density at radius 2 is 2.56 bits per heavy atom. The van der Waals surface area contributed by atoms with Crippen LogP contribution in [0.4, 0.5) is 0 Å². The van der Waals surface area contributed by atoms with E-state index in [1.165, 1.54) is 0 Å². The minimum Gasteiger partial charge on any atom is -0.409 e. The monoisotopic (exact) mass is 238 g/mol. The molecule has 0 aliphatic heterocycles. The minimum absolute atomic E-state index is 0.133. The standard InChI is InChI=1S/C4H3IN2O2/c5-9-4(1-2-6)7-3-8/h1,3H,(H,7,8)/b4-1-. The molecule has 0 aliphatic rings. The summed E-state index contributed by atoms with van der Waals surface area (Å²) in [5, 5.41) is 10.2. The molecule has 0 saturated carbocycles. The van der Waals surface area contributed by atoms with E-state index < -0.39 is 0 Å². The zero-order valence-electron chi connectivity index (χ0n) is 4.30. The van der Waals surface area contributed by atoms with E-state index in [2.05, 4.69) is 8.38 Å². The predicted octanol–water partition coefficient (Wildman–Crippen LogP) is 0.464. The quantitative estimate of drug-likeness (QED) is 0.336. The number of halogens is 1. The number of carbonyl (C=O) groups is 1. The molecule has 0 fully saturated rings. The fourth-order valence-electron chi connectivity index (χ4n) is 0.203. The average molecular weight is 238 g/mol. The van der Waals surface area contributed by atoms with Gasteiger partial charge in [0.2, 0.25) is 12.3 Å². The van der Waals surface area contributed by atoms with Gasteiger partial charge in [-0.25, -0.2) is 0 Å². The molecule has 0 spiro atoms. The van der Waals surface area contributed by atoms with Gasteiger partial charge in [-0.05, 0) is 0 Å². The number of carbonyl (C=O) groups excluding carboxylic acids is 1. The number of hydrogen-bond acceptors (Lipinski definition) is 3. The number of amides is 1. The average Bonchev–Trinajstić information content (AvgIpc) is 1.88. The van der Waals surface area contributed by atoms with Crippen LogP contribution < -0.4 is 5.32 Å². The maximum Gasteiger partial charge on any atom is 0.215 e. The molecule has 0 rings (SSSR count). The summed E-state index contributed by atoms with van der Waals surface area (Å²) in [5.41, 5.74) is 0. The second-order valence-corrected chi connectivity index (χ2v) is 1.42. The third-order valence-corrected chi connectivity index (χ3v) is 0.954. The van der Waals surface area contributed by atoms with Crippen molar-refractivity contribution in [2.24, 2.45) is 0 Å². The van der Waals surface area contributed by atoms with Crippen LogP contribution >= 0.6 is 23.0 Å². The van der Waals surface area contributed by atoms with Crippen molar-refractivity contribution in [2.45, 2.75) is 0 Å². The van der Waals surface area contributed by atoms with E-state index in [0.29, 0.717) is 6.41 Å². The van der Waals surface area contributed by atoms with Gasteiger partial charge in [-0.15, -0.1) is 0 Å². The third kappa shape index (κ3) is 3.78. The Morgan fingerprint density at radius 3 is 2.89 bits per heavy atom. The van der Waals surface area contributed by atoms with Crippen molar-refractivity contribution in [1.82, 2.24) is 5.32 Å². The summed E-state index contributed by atoms with van der Waals surface area (Å²) in [4.78, 5) is 9.70. The van der Waals surface area contributed by atoms with Gasteiger partial charge in [-0.2, -0.15) is 5.26 Å². The molecule has 48 valence electrons. The lowest BCUT2D eigenvalue weighted by Crippen LogP contribution is -2.09. The third-order valence-electron chi connectivity index (χ3n) is 0.480. The number of hydrogen-bond donors (Lipinski definition) is 1. The van der Waals surface area contributed by atoms with Gasteiger partial charge < -0.3 is 3.07 Å². The summed E-state index contributed by atoms with van der Waals surface area (Å²) in [5.74, 6) is 0.133. The van der Waals surface area contributed by atoms with Crippen molar-refractivity contribution in [3.63, 3.8) is 0 Å². The molecule has 0 saturated heterocycles. The summed E-state index contributed by atoms with van der Waals surface area (Å²) < 4.78 is 4.50. The minimum atomic E-state index is 0.133. The molecular formula is C4H3IN2O2. The molecular weight excluding hydrogens is 235 g/mol. The van der Waals surface area contributed by atoms with Gasteiger partial charge in [0, 0.05) is 0 Å². The van der Waals surface area contributed by atoms with Crippen LogP contribution in [-0.4, -0.2) is 6.41 Å². The van der Waals surface area contributed by atoms with Gasteiger partial charge in [0.1, 0.15) is 0 Å². The van der Waals surface area contributed by atoms with E-state index in [9.17, 15) is 4.79 Å². The van der Waals surface area contributed by atoms with Crippen LogP contribution in [0.3, 0.4) is 0 Å². The van der Waals surface area contributed by atoms with Gasteiger partial charge in [0.25, 0.3) is 0 Å². The lowest BCUT2D eigenvalue weighted by atomic mass is 10.6. The molecule has 0 aromatic carbocycles. The Bertz CT molecular complexity index is 160. The predicted molar refractivity (Wildman–Crippen MR) is 38.0 cm³/mol. The molecule has 0 heterocycles. The van der Waals surface area contributed by atoms with Crippen molar-refractivity contribution >= 4 is 29.4 Å². The number of rotatable bonds is 3. The first-order chi connectivity index (χ1) is 4.35. The molecule has 0 bridgehead atoms. The zero-order valence-corrected chi connectivity index (χ0v) is 6.45. The number of nitriles is 1. The summed E-state index contributed by atoms with van der Waals surface area (Å²) in [7, 11) is 0. The highest BCUT2D eigenvalue weighted by molar-refractivity contribution is 14.1. The fraction of sp³-hybridized carbons (Fsp3) is 0. The zero-order chi connectivity index (χ0) is 7.11.